The van der Waals surface area contributed by atoms with Crippen LogP contribution in [0, 0.1) is 6.92 Å². The lowest BCUT2D eigenvalue weighted by molar-refractivity contribution is -0.119. The molecule has 2 rings (SSSR count). The maximum Gasteiger partial charge on any atom is 0.220 e. The first-order valence-corrected chi connectivity index (χ1v) is 4.94. The fraction of sp³-hybridized carbons (Fsp3) is 0.417. The second-order valence-electron chi connectivity index (χ2n) is 4.38. The summed E-state index contributed by atoms with van der Waals surface area (Å²) in [6.07, 6.45) is 0.607. The SMILES string of the molecule is Cc1ccc(C2(C)CNC(=O)C2)cc1. The Morgan fingerprint density at radius 1 is 1.29 bits per heavy atom. The van der Waals surface area contributed by atoms with E-state index in [0.29, 0.717) is 6.42 Å². The molecule has 2 heteroatoms. The van der Waals surface area contributed by atoms with Crippen molar-refractivity contribution in [1.82, 2.24) is 5.32 Å². The van der Waals surface area contributed by atoms with Crippen molar-refractivity contribution in [1.29, 1.82) is 0 Å². The third-order valence-electron chi connectivity index (χ3n) is 2.97. The molecule has 1 fully saturated rings. The second-order valence-corrected chi connectivity index (χ2v) is 4.38. The smallest absolute Gasteiger partial charge is 0.220 e. The van der Waals surface area contributed by atoms with Gasteiger partial charge in [-0.2, -0.15) is 0 Å². The van der Waals surface area contributed by atoms with Crippen molar-refractivity contribution in [3.05, 3.63) is 35.4 Å². The van der Waals surface area contributed by atoms with E-state index in [-0.39, 0.29) is 11.3 Å². The molecule has 0 radical (unpaired) electrons. The Morgan fingerprint density at radius 3 is 2.43 bits per heavy atom. The topological polar surface area (TPSA) is 29.1 Å². The molecule has 1 aliphatic rings. The molecule has 1 heterocycles. The summed E-state index contributed by atoms with van der Waals surface area (Å²) >= 11 is 0. The van der Waals surface area contributed by atoms with Gasteiger partial charge in [0, 0.05) is 18.4 Å². The Balaban J connectivity index is 2.30. The first kappa shape index (κ1) is 9.25. The van der Waals surface area contributed by atoms with E-state index in [1.165, 1.54) is 11.1 Å². The molecular weight excluding hydrogens is 174 g/mol. The summed E-state index contributed by atoms with van der Waals surface area (Å²) in [6.45, 7) is 4.97. The quantitative estimate of drug-likeness (QED) is 0.716. The number of nitrogens with one attached hydrogen (secondary N) is 1. The monoisotopic (exact) mass is 189 g/mol. The van der Waals surface area contributed by atoms with Gasteiger partial charge in [0.1, 0.15) is 0 Å². The zero-order valence-electron chi connectivity index (χ0n) is 8.63. The summed E-state index contributed by atoms with van der Waals surface area (Å²) in [4.78, 5) is 11.2. The van der Waals surface area contributed by atoms with Crippen LogP contribution in [0.4, 0.5) is 0 Å². The Hall–Kier alpha value is -1.31. The van der Waals surface area contributed by atoms with Crippen molar-refractivity contribution in [3.63, 3.8) is 0 Å². The zero-order valence-corrected chi connectivity index (χ0v) is 8.63. The van der Waals surface area contributed by atoms with E-state index < -0.39 is 0 Å². The van der Waals surface area contributed by atoms with Gasteiger partial charge in [-0.1, -0.05) is 36.8 Å². The van der Waals surface area contributed by atoms with Gasteiger partial charge in [0.25, 0.3) is 0 Å². The third-order valence-corrected chi connectivity index (χ3v) is 2.97. The van der Waals surface area contributed by atoms with Crippen LogP contribution in [0.3, 0.4) is 0 Å². The number of hydrogen-bond donors (Lipinski definition) is 1. The van der Waals surface area contributed by atoms with Crippen molar-refractivity contribution in [2.45, 2.75) is 25.7 Å². The predicted octanol–water partition coefficient (Wildman–Crippen LogP) is 1.77. The molecule has 74 valence electrons. The average Bonchev–Trinajstić information content (AvgIpc) is 2.48. The Labute approximate surface area is 84.3 Å². The highest BCUT2D eigenvalue weighted by molar-refractivity contribution is 5.80. The lowest BCUT2D eigenvalue weighted by Crippen LogP contribution is -2.24. The van der Waals surface area contributed by atoms with E-state index in [1.54, 1.807) is 0 Å². The molecule has 1 aliphatic heterocycles. The van der Waals surface area contributed by atoms with Crippen LogP contribution in [0.1, 0.15) is 24.5 Å². The Kier molecular flexibility index (Phi) is 2.06. The number of benzene rings is 1. The molecule has 1 unspecified atom stereocenters. The minimum absolute atomic E-state index is 0.00914. The maximum atomic E-state index is 11.2. The van der Waals surface area contributed by atoms with Gasteiger partial charge < -0.3 is 5.32 Å². The van der Waals surface area contributed by atoms with Crippen molar-refractivity contribution >= 4 is 5.91 Å². The van der Waals surface area contributed by atoms with Crippen molar-refractivity contribution < 1.29 is 4.79 Å². The number of aryl methyl sites for hydroxylation is 1. The summed E-state index contributed by atoms with van der Waals surface area (Å²) in [7, 11) is 0. The Morgan fingerprint density at radius 2 is 1.93 bits per heavy atom. The first-order valence-electron chi connectivity index (χ1n) is 4.94. The third kappa shape index (κ3) is 1.52. The van der Waals surface area contributed by atoms with Crippen LogP contribution < -0.4 is 5.32 Å². The van der Waals surface area contributed by atoms with Crippen LogP contribution >= 0.6 is 0 Å². The van der Waals surface area contributed by atoms with Crippen LogP contribution in [-0.4, -0.2) is 12.5 Å². The molecule has 0 bridgehead atoms. The lowest BCUT2D eigenvalue weighted by Gasteiger charge is -2.21. The summed E-state index contributed by atoms with van der Waals surface area (Å²) in [6, 6.07) is 8.44. The molecular formula is C12H15NO. The second kappa shape index (κ2) is 3.12. The molecule has 1 N–H and O–H groups in total. The van der Waals surface area contributed by atoms with Gasteiger partial charge in [0.05, 0.1) is 0 Å². The molecule has 0 aromatic heterocycles. The molecule has 1 amide bonds. The minimum atomic E-state index is -0.00914. The number of carbonyl (C=O) groups excluding carboxylic acids is 1. The summed E-state index contributed by atoms with van der Waals surface area (Å²) in [5.41, 5.74) is 2.50. The van der Waals surface area contributed by atoms with Crippen LogP contribution in [0.15, 0.2) is 24.3 Å². The lowest BCUT2D eigenvalue weighted by atomic mass is 9.81. The normalized spacial score (nSPS) is 26.3. The fourth-order valence-electron chi connectivity index (χ4n) is 1.93. The van der Waals surface area contributed by atoms with Gasteiger partial charge in [0.2, 0.25) is 5.91 Å². The van der Waals surface area contributed by atoms with Gasteiger partial charge in [-0.15, -0.1) is 0 Å². The average molecular weight is 189 g/mol. The standard InChI is InChI=1S/C12H15NO/c1-9-3-5-10(6-4-9)12(2)7-11(14)13-8-12/h3-6H,7-8H2,1-2H3,(H,13,14). The highest BCUT2D eigenvalue weighted by Crippen LogP contribution is 2.30. The molecule has 1 aromatic rings. The molecule has 1 atom stereocenters. The number of amides is 1. The minimum Gasteiger partial charge on any atom is -0.355 e. The van der Waals surface area contributed by atoms with Gasteiger partial charge in [-0.25, -0.2) is 0 Å². The van der Waals surface area contributed by atoms with Crippen LogP contribution in [0.5, 0.6) is 0 Å². The summed E-state index contributed by atoms with van der Waals surface area (Å²) < 4.78 is 0. The molecule has 1 saturated heterocycles. The summed E-state index contributed by atoms with van der Waals surface area (Å²) in [5.74, 6) is 0.160. The van der Waals surface area contributed by atoms with Crippen LogP contribution in [0.25, 0.3) is 0 Å². The zero-order chi connectivity index (χ0) is 10.2. The Bertz CT molecular complexity index is 355. The maximum absolute atomic E-state index is 11.2. The predicted molar refractivity (Wildman–Crippen MR) is 56.2 cm³/mol. The van der Waals surface area contributed by atoms with E-state index in [0.717, 1.165) is 6.54 Å². The van der Waals surface area contributed by atoms with Gasteiger partial charge in [-0.05, 0) is 12.5 Å². The molecule has 14 heavy (non-hydrogen) atoms. The number of carbonyl (C=O) groups is 1. The van der Waals surface area contributed by atoms with Crippen LogP contribution in [-0.2, 0) is 10.2 Å². The largest absolute Gasteiger partial charge is 0.355 e. The molecule has 0 saturated carbocycles. The van der Waals surface area contributed by atoms with Gasteiger partial charge in [0.15, 0.2) is 0 Å². The van der Waals surface area contributed by atoms with Crippen molar-refractivity contribution in [2.75, 3.05) is 6.54 Å². The molecule has 0 spiro atoms. The van der Waals surface area contributed by atoms with Gasteiger partial charge >= 0.3 is 0 Å². The summed E-state index contributed by atoms with van der Waals surface area (Å²) in [5, 5.41) is 2.88. The highest BCUT2D eigenvalue weighted by Gasteiger charge is 2.35. The molecule has 2 nitrogen and oxygen atoms in total. The van der Waals surface area contributed by atoms with E-state index in [4.69, 9.17) is 0 Å². The van der Waals surface area contributed by atoms with E-state index in [1.807, 2.05) is 0 Å². The molecule has 0 aliphatic carbocycles. The van der Waals surface area contributed by atoms with Crippen LogP contribution in [0.2, 0.25) is 0 Å². The fourth-order valence-corrected chi connectivity index (χ4v) is 1.93. The van der Waals surface area contributed by atoms with Crippen molar-refractivity contribution in [3.8, 4) is 0 Å². The number of hydrogen-bond acceptors (Lipinski definition) is 1. The van der Waals surface area contributed by atoms with E-state index >= 15 is 0 Å². The first-order chi connectivity index (χ1) is 6.60. The van der Waals surface area contributed by atoms with Gasteiger partial charge in [-0.3, -0.25) is 4.79 Å². The van der Waals surface area contributed by atoms with E-state index in [2.05, 4.69) is 43.4 Å². The highest BCUT2D eigenvalue weighted by atomic mass is 16.1. The molecule has 1 aromatic carbocycles. The van der Waals surface area contributed by atoms with E-state index in [9.17, 15) is 4.79 Å². The number of rotatable bonds is 1. The van der Waals surface area contributed by atoms with Crippen molar-refractivity contribution in [2.24, 2.45) is 0 Å².